The van der Waals surface area contributed by atoms with Crippen LogP contribution in [-0.4, -0.2) is 23.2 Å². The van der Waals surface area contributed by atoms with Gasteiger partial charge in [-0.25, -0.2) is 4.79 Å². The Hall–Kier alpha value is -2.32. The molecule has 5 nitrogen and oxygen atoms in total. The van der Waals surface area contributed by atoms with Gasteiger partial charge < -0.3 is 9.47 Å². The maximum Gasteiger partial charge on any atom is 0.415 e. The highest BCUT2D eigenvalue weighted by Gasteiger charge is 2.26. The van der Waals surface area contributed by atoms with Crippen molar-refractivity contribution < 1.29 is 14.3 Å². The zero-order chi connectivity index (χ0) is 22.4. The average molecular weight is 551 g/mol. The van der Waals surface area contributed by atoms with E-state index in [1.807, 2.05) is 69.3 Å². The van der Waals surface area contributed by atoms with E-state index in [0.29, 0.717) is 18.0 Å². The van der Waals surface area contributed by atoms with E-state index in [1.165, 1.54) is 5.54 Å². The molecule has 0 fully saturated rings. The number of carbonyl (C=O) groups excluding carboxylic acids is 1. The summed E-state index contributed by atoms with van der Waals surface area (Å²) in [5, 5.41) is 0.895. The summed E-state index contributed by atoms with van der Waals surface area (Å²) in [6.07, 6.45) is 2.96. The Labute approximate surface area is 201 Å². The van der Waals surface area contributed by atoms with Gasteiger partial charge in [-0.2, -0.15) is 0 Å². The summed E-state index contributed by atoms with van der Waals surface area (Å²) >= 11 is 7.99. The van der Waals surface area contributed by atoms with Gasteiger partial charge in [-0.1, -0.05) is 48.0 Å². The highest BCUT2D eigenvalue weighted by atomic mass is 127. The summed E-state index contributed by atoms with van der Waals surface area (Å²) in [6, 6.07) is 15.6. The number of fused-ring (bicyclic) bond motifs is 1. The summed E-state index contributed by atoms with van der Waals surface area (Å²) in [4.78, 5) is 19.1. The monoisotopic (exact) mass is 550 g/mol. The fourth-order valence-corrected chi connectivity index (χ4v) is 3.91. The first-order valence-electron chi connectivity index (χ1n) is 9.80. The van der Waals surface area contributed by atoms with Crippen molar-refractivity contribution in [3.63, 3.8) is 0 Å². The number of aromatic nitrogens is 1. The molecule has 7 heteroatoms. The molecule has 31 heavy (non-hydrogen) atoms. The van der Waals surface area contributed by atoms with Crippen LogP contribution in [0.1, 0.15) is 26.3 Å². The fourth-order valence-electron chi connectivity index (χ4n) is 2.95. The summed E-state index contributed by atoms with van der Waals surface area (Å²) in [5.74, 6) is 0.596. The molecule has 0 aliphatic rings. The first kappa shape index (κ1) is 23.3. The van der Waals surface area contributed by atoms with Crippen LogP contribution in [0.15, 0.2) is 66.3 Å². The van der Waals surface area contributed by atoms with Crippen LogP contribution in [0.2, 0.25) is 0 Å². The Kier molecular flexibility index (Phi) is 7.78. The highest BCUT2D eigenvalue weighted by molar-refractivity contribution is 14.1. The Bertz CT molecular complexity index is 1080. The van der Waals surface area contributed by atoms with Gasteiger partial charge in [0.05, 0.1) is 5.69 Å². The fraction of sp³-hybridized carbons (Fsp3) is 0.250. The van der Waals surface area contributed by atoms with Gasteiger partial charge >= 0.3 is 6.09 Å². The van der Waals surface area contributed by atoms with Crippen LogP contribution in [0.4, 0.5) is 10.5 Å². The van der Waals surface area contributed by atoms with E-state index in [-0.39, 0.29) is 6.54 Å². The van der Waals surface area contributed by atoms with Crippen LogP contribution >= 0.6 is 34.2 Å². The summed E-state index contributed by atoms with van der Waals surface area (Å²) < 4.78 is 12.7. The SMILES string of the molecule is CC(C)(C)OC(=O)N(C/C=C/Cl)c1cc(OCc2ccccc2)c2ncccc2c1I. The second-order valence-corrected chi connectivity index (χ2v) is 9.17. The van der Waals surface area contributed by atoms with Crippen LogP contribution in [0.5, 0.6) is 5.75 Å². The second-order valence-electron chi connectivity index (χ2n) is 7.83. The molecule has 0 atom stereocenters. The van der Waals surface area contributed by atoms with E-state index in [0.717, 1.165) is 20.0 Å². The third kappa shape index (κ3) is 6.11. The lowest BCUT2D eigenvalue weighted by atomic mass is 10.1. The highest BCUT2D eigenvalue weighted by Crippen LogP contribution is 2.37. The van der Waals surface area contributed by atoms with Crippen molar-refractivity contribution in [2.75, 3.05) is 11.4 Å². The smallest absolute Gasteiger partial charge is 0.415 e. The summed E-state index contributed by atoms with van der Waals surface area (Å²) in [7, 11) is 0. The number of rotatable bonds is 6. The number of nitrogens with zero attached hydrogens (tertiary/aromatic N) is 2. The topological polar surface area (TPSA) is 51.7 Å². The molecular weight excluding hydrogens is 527 g/mol. The molecule has 1 heterocycles. The van der Waals surface area contributed by atoms with Gasteiger partial charge in [-0.15, -0.1) is 0 Å². The molecule has 0 radical (unpaired) electrons. The molecule has 0 aliphatic heterocycles. The number of amides is 1. The van der Waals surface area contributed by atoms with Crippen LogP contribution in [0.25, 0.3) is 10.9 Å². The van der Waals surface area contributed by atoms with Crippen LogP contribution < -0.4 is 9.64 Å². The molecule has 2 aromatic carbocycles. The van der Waals surface area contributed by atoms with Crippen molar-refractivity contribution in [3.05, 3.63) is 75.5 Å². The van der Waals surface area contributed by atoms with Gasteiger partial charge in [0.25, 0.3) is 0 Å². The molecule has 0 unspecified atom stereocenters. The lowest BCUT2D eigenvalue weighted by Crippen LogP contribution is -2.37. The van der Waals surface area contributed by atoms with Crippen LogP contribution in [-0.2, 0) is 11.3 Å². The number of benzene rings is 2. The molecule has 0 N–H and O–H groups in total. The van der Waals surface area contributed by atoms with Gasteiger partial charge in [0.1, 0.15) is 23.5 Å². The van der Waals surface area contributed by atoms with E-state index in [2.05, 4.69) is 27.6 Å². The van der Waals surface area contributed by atoms with Crippen molar-refractivity contribution in [2.24, 2.45) is 0 Å². The number of hydrogen-bond acceptors (Lipinski definition) is 4. The van der Waals surface area contributed by atoms with Gasteiger partial charge in [0, 0.05) is 33.3 Å². The van der Waals surface area contributed by atoms with Gasteiger partial charge in [-0.3, -0.25) is 9.88 Å². The number of pyridine rings is 1. The normalized spacial score (nSPS) is 11.6. The predicted octanol–water partition coefficient (Wildman–Crippen LogP) is 6.91. The largest absolute Gasteiger partial charge is 0.487 e. The minimum Gasteiger partial charge on any atom is -0.487 e. The summed E-state index contributed by atoms with van der Waals surface area (Å²) in [5.41, 5.74) is 3.22. The molecule has 1 aromatic heterocycles. The van der Waals surface area contributed by atoms with Crippen molar-refractivity contribution in [1.29, 1.82) is 0 Å². The number of anilines is 1. The van der Waals surface area contributed by atoms with Crippen molar-refractivity contribution in [1.82, 2.24) is 4.98 Å². The van der Waals surface area contributed by atoms with E-state index in [1.54, 1.807) is 17.2 Å². The second kappa shape index (κ2) is 10.3. The lowest BCUT2D eigenvalue weighted by molar-refractivity contribution is 0.0584. The lowest BCUT2D eigenvalue weighted by Gasteiger charge is -2.28. The van der Waals surface area contributed by atoms with E-state index in [4.69, 9.17) is 21.1 Å². The minimum atomic E-state index is -0.628. The van der Waals surface area contributed by atoms with Crippen LogP contribution in [0, 0.1) is 3.57 Å². The van der Waals surface area contributed by atoms with Crippen molar-refractivity contribution in [2.45, 2.75) is 33.0 Å². The number of hydrogen-bond donors (Lipinski definition) is 0. The molecule has 0 saturated heterocycles. The first-order valence-corrected chi connectivity index (χ1v) is 11.3. The molecule has 0 saturated carbocycles. The third-order valence-electron chi connectivity index (χ3n) is 4.29. The van der Waals surface area contributed by atoms with Crippen molar-refractivity contribution in [3.8, 4) is 5.75 Å². The van der Waals surface area contributed by atoms with Crippen molar-refractivity contribution >= 4 is 56.9 Å². The predicted molar refractivity (Wildman–Crippen MR) is 134 cm³/mol. The molecule has 0 spiro atoms. The van der Waals surface area contributed by atoms with Gasteiger partial charge in [0.2, 0.25) is 0 Å². The van der Waals surface area contributed by atoms with E-state index >= 15 is 0 Å². The average Bonchev–Trinajstić information content (AvgIpc) is 2.74. The number of ether oxygens (including phenoxy) is 2. The zero-order valence-electron chi connectivity index (χ0n) is 17.6. The molecule has 0 aliphatic carbocycles. The molecule has 3 rings (SSSR count). The molecule has 3 aromatic rings. The summed E-state index contributed by atoms with van der Waals surface area (Å²) in [6.45, 7) is 6.16. The molecule has 0 bridgehead atoms. The Morgan fingerprint density at radius 2 is 1.94 bits per heavy atom. The van der Waals surface area contributed by atoms with E-state index in [9.17, 15) is 4.79 Å². The maximum absolute atomic E-state index is 13.0. The zero-order valence-corrected chi connectivity index (χ0v) is 20.6. The quantitative estimate of drug-likeness (QED) is 0.313. The first-order chi connectivity index (χ1) is 14.8. The Balaban J connectivity index is 2.06. The van der Waals surface area contributed by atoms with Gasteiger partial charge in [-0.05, 0) is 61.1 Å². The van der Waals surface area contributed by atoms with Crippen LogP contribution in [0.3, 0.4) is 0 Å². The van der Waals surface area contributed by atoms with Gasteiger partial charge in [0.15, 0.2) is 0 Å². The number of halogens is 2. The molecule has 1 amide bonds. The molecular formula is C24H24ClIN2O3. The molecule has 162 valence electrons. The maximum atomic E-state index is 13.0. The standard InChI is InChI=1S/C24H24ClIN2O3/c1-24(2,3)31-23(29)28(14-8-12-25)19-15-20(30-16-17-9-5-4-6-10-17)22-18(21(19)26)11-7-13-27-22/h4-13,15H,14,16H2,1-3H3/b12-8+. The minimum absolute atomic E-state index is 0.262. The Morgan fingerprint density at radius 1 is 1.19 bits per heavy atom. The third-order valence-corrected chi connectivity index (χ3v) is 5.60. The Morgan fingerprint density at radius 3 is 2.61 bits per heavy atom. The number of carbonyl (C=O) groups is 1. The van der Waals surface area contributed by atoms with E-state index < -0.39 is 11.7 Å².